The maximum atomic E-state index is 12.3. The monoisotopic (exact) mass is 522 g/mol. The Kier molecular flexibility index (Phi) is 8.74. The van der Waals surface area contributed by atoms with E-state index in [1.807, 2.05) is 0 Å². The van der Waals surface area contributed by atoms with Crippen molar-refractivity contribution >= 4 is 39.1 Å². The van der Waals surface area contributed by atoms with Crippen molar-refractivity contribution < 1.29 is 36.0 Å². The molecule has 2 aromatic carbocycles. The maximum Gasteiger partial charge on any atom is 0.573 e. The molecule has 15 heteroatoms. The first kappa shape index (κ1) is 27.2. The molecule has 0 aliphatic carbocycles. The highest BCUT2D eigenvalue weighted by molar-refractivity contribution is 7.99. The third kappa shape index (κ3) is 8.39. The molecule has 0 fully saturated rings. The molecule has 186 valence electrons. The topological polar surface area (TPSA) is 145 Å². The fourth-order valence-corrected chi connectivity index (χ4v) is 4.12. The van der Waals surface area contributed by atoms with E-state index >= 15 is 0 Å². The number of amides is 1. The third-order valence-electron chi connectivity index (χ3n) is 4.28. The number of nitro benzene ring substituents is 1. The lowest BCUT2D eigenvalue weighted by Crippen LogP contribution is -2.32. The number of benzene rings is 2. The Labute approximate surface area is 197 Å². The van der Waals surface area contributed by atoms with Crippen LogP contribution in [0.3, 0.4) is 0 Å². The van der Waals surface area contributed by atoms with E-state index in [0.29, 0.717) is 4.90 Å². The minimum absolute atomic E-state index is 0.0246. The quantitative estimate of drug-likeness (QED) is 0.275. The number of primary sulfonamides is 1. The first-order valence-corrected chi connectivity index (χ1v) is 12.0. The predicted molar refractivity (Wildman–Crippen MR) is 119 cm³/mol. The number of halogens is 3. The van der Waals surface area contributed by atoms with Crippen molar-refractivity contribution in [2.45, 2.75) is 28.6 Å². The van der Waals surface area contributed by atoms with Crippen LogP contribution in [0.2, 0.25) is 0 Å². The van der Waals surface area contributed by atoms with Gasteiger partial charge in [0.05, 0.1) is 9.82 Å². The number of thioether (sulfide) groups is 1. The van der Waals surface area contributed by atoms with Gasteiger partial charge in [-0.2, -0.15) is 0 Å². The van der Waals surface area contributed by atoms with Gasteiger partial charge in [0, 0.05) is 43.3 Å². The average molecular weight is 523 g/mol. The van der Waals surface area contributed by atoms with Crippen LogP contribution in [0.25, 0.3) is 0 Å². The largest absolute Gasteiger partial charge is 0.573 e. The summed E-state index contributed by atoms with van der Waals surface area (Å²) >= 11 is 1.19. The molecule has 0 aliphatic rings. The van der Waals surface area contributed by atoms with Gasteiger partial charge in [-0.15, -0.1) is 24.9 Å². The SMILES string of the molecule is CN(C)C(=O)C[C@H](CSc1ccc(OC(F)(F)F)cc1)Nc1ccc(S(N)(=O)=O)cc1[N+](=O)[O-]. The molecule has 0 unspecified atom stereocenters. The van der Waals surface area contributed by atoms with Gasteiger partial charge in [-0.05, 0) is 36.4 Å². The highest BCUT2D eigenvalue weighted by atomic mass is 32.2. The van der Waals surface area contributed by atoms with Gasteiger partial charge in [0.25, 0.3) is 5.69 Å². The van der Waals surface area contributed by atoms with Gasteiger partial charge >= 0.3 is 6.36 Å². The fourth-order valence-electron chi connectivity index (χ4n) is 2.66. The molecule has 0 bridgehead atoms. The number of hydrogen-bond donors (Lipinski definition) is 2. The molecule has 1 amide bonds. The summed E-state index contributed by atoms with van der Waals surface area (Å²) in [5.74, 6) is -0.469. The molecular formula is C19H21F3N4O6S2. The molecule has 0 aliphatic heterocycles. The highest BCUT2D eigenvalue weighted by Crippen LogP contribution is 2.30. The lowest BCUT2D eigenvalue weighted by molar-refractivity contribution is -0.384. The Balaban J connectivity index is 2.23. The molecule has 0 aromatic heterocycles. The molecule has 1 atom stereocenters. The molecule has 0 radical (unpaired) electrons. The number of carbonyl (C=O) groups excluding carboxylic acids is 1. The number of sulfonamides is 1. The summed E-state index contributed by atoms with van der Waals surface area (Å²) < 4.78 is 63.8. The molecule has 2 rings (SSSR count). The lowest BCUT2D eigenvalue weighted by Gasteiger charge is -2.21. The van der Waals surface area contributed by atoms with Crippen molar-refractivity contribution in [3.63, 3.8) is 0 Å². The highest BCUT2D eigenvalue weighted by Gasteiger charge is 2.31. The van der Waals surface area contributed by atoms with E-state index < -0.39 is 37.9 Å². The van der Waals surface area contributed by atoms with Crippen molar-refractivity contribution in [3.8, 4) is 5.75 Å². The van der Waals surface area contributed by atoms with Gasteiger partial charge < -0.3 is 15.0 Å². The standard InChI is InChI=1S/C19H21F3N4O6S2/c1-25(2)18(27)9-12(11-33-14-5-3-13(4-6-14)32-19(20,21)22)24-16-8-7-15(34(23,30)31)10-17(16)26(28)29/h3-8,10,12,24H,9,11H2,1-2H3,(H2,23,30,31)/t12-/m1/s1. The number of alkyl halides is 3. The van der Waals surface area contributed by atoms with Crippen LogP contribution in [0.5, 0.6) is 5.75 Å². The van der Waals surface area contributed by atoms with Gasteiger partial charge in [-0.1, -0.05) is 0 Å². The molecule has 2 aromatic rings. The summed E-state index contributed by atoms with van der Waals surface area (Å²) in [6.45, 7) is 0. The fraction of sp³-hybridized carbons (Fsp3) is 0.316. The van der Waals surface area contributed by atoms with Crippen molar-refractivity contribution in [2.24, 2.45) is 5.14 Å². The van der Waals surface area contributed by atoms with E-state index in [0.717, 1.165) is 24.3 Å². The van der Waals surface area contributed by atoms with Crippen LogP contribution in [0.4, 0.5) is 24.5 Å². The second-order valence-corrected chi connectivity index (χ2v) is 9.80. The number of hydrogen-bond acceptors (Lipinski definition) is 8. The molecule has 0 saturated carbocycles. The number of nitro groups is 1. The zero-order valence-electron chi connectivity index (χ0n) is 17.9. The van der Waals surface area contributed by atoms with E-state index in [-0.39, 0.29) is 29.5 Å². The Hall–Kier alpha value is -3.04. The average Bonchev–Trinajstić information content (AvgIpc) is 2.71. The van der Waals surface area contributed by atoms with Gasteiger partial charge in [0.1, 0.15) is 11.4 Å². The minimum atomic E-state index is -4.82. The number of ether oxygens (including phenoxy) is 1. The van der Waals surface area contributed by atoms with Gasteiger partial charge in [-0.3, -0.25) is 14.9 Å². The summed E-state index contributed by atoms with van der Waals surface area (Å²) in [6.07, 6.45) is -4.88. The number of anilines is 1. The smallest absolute Gasteiger partial charge is 0.406 e. The van der Waals surface area contributed by atoms with E-state index in [9.17, 15) is 36.5 Å². The number of rotatable bonds is 10. The first-order valence-electron chi connectivity index (χ1n) is 9.42. The van der Waals surface area contributed by atoms with Crippen molar-refractivity contribution in [2.75, 3.05) is 25.2 Å². The van der Waals surface area contributed by atoms with Crippen LogP contribution >= 0.6 is 11.8 Å². The Morgan fingerprint density at radius 3 is 2.35 bits per heavy atom. The first-order chi connectivity index (χ1) is 15.7. The van der Waals surface area contributed by atoms with Crippen LogP contribution in [0, 0.1) is 10.1 Å². The Bertz CT molecular complexity index is 1140. The summed E-state index contributed by atoms with van der Waals surface area (Å²) in [5, 5.41) is 19.4. The van der Waals surface area contributed by atoms with Gasteiger partial charge in [-0.25, -0.2) is 13.6 Å². The Morgan fingerprint density at radius 2 is 1.85 bits per heavy atom. The van der Waals surface area contributed by atoms with Crippen LogP contribution in [-0.4, -0.2) is 56.4 Å². The van der Waals surface area contributed by atoms with Crippen molar-refractivity contribution in [1.82, 2.24) is 4.90 Å². The number of nitrogens with zero attached hydrogens (tertiary/aromatic N) is 2. The molecule has 0 heterocycles. The van der Waals surface area contributed by atoms with E-state index in [4.69, 9.17) is 5.14 Å². The molecule has 3 N–H and O–H groups in total. The number of nitrogens with one attached hydrogen (secondary N) is 1. The summed E-state index contributed by atoms with van der Waals surface area (Å²) in [7, 11) is -1.10. The van der Waals surface area contributed by atoms with Crippen LogP contribution in [0.1, 0.15) is 6.42 Å². The van der Waals surface area contributed by atoms with Gasteiger partial charge in [0.2, 0.25) is 15.9 Å². The summed E-state index contributed by atoms with van der Waals surface area (Å²) in [6, 6.07) is 7.53. The normalized spacial score (nSPS) is 12.6. The number of nitrogens with two attached hydrogens (primary N) is 1. The van der Waals surface area contributed by atoms with Crippen molar-refractivity contribution in [3.05, 3.63) is 52.6 Å². The molecule has 34 heavy (non-hydrogen) atoms. The van der Waals surface area contributed by atoms with Crippen molar-refractivity contribution in [1.29, 1.82) is 0 Å². The zero-order valence-corrected chi connectivity index (χ0v) is 19.5. The van der Waals surface area contributed by atoms with Crippen LogP contribution in [-0.2, 0) is 14.8 Å². The van der Waals surface area contributed by atoms with Gasteiger partial charge in [0.15, 0.2) is 0 Å². The third-order valence-corrected chi connectivity index (χ3v) is 6.37. The molecule has 10 nitrogen and oxygen atoms in total. The summed E-state index contributed by atoms with van der Waals surface area (Å²) in [5.41, 5.74) is -0.573. The maximum absolute atomic E-state index is 12.3. The molecule has 0 spiro atoms. The van der Waals surface area contributed by atoms with Crippen LogP contribution < -0.4 is 15.2 Å². The molecular weight excluding hydrogens is 501 g/mol. The van der Waals surface area contributed by atoms with Crippen LogP contribution in [0.15, 0.2) is 52.3 Å². The molecule has 0 saturated heterocycles. The second kappa shape index (κ2) is 10.9. The van der Waals surface area contributed by atoms with E-state index in [1.54, 1.807) is 0 Å². The second-order valence-electron chi connectivity index (χ2n) is 7.14. The van der Waals surface area contributed by atoms with E-state index in [1.165, 1.54) is 49.0 Å². The minimum Gasteiger partial charge on any atom is -0.406 e. The number of carbonyl (C=O) groups is 1. The lowest BCUT2D eigenvalue weighted by atomic mass is 10.2. The van der Waals surface area contributed by atoms with E-state index in [2.05, 4.69) is 10.1 Å². The summed E-state index contributed by atoms with van der Waals surface area (Å²) in [4.78, 5) is 24.4. The Morgan fingerprint density at radius 1 is 1.24 bits per heavy atom. The zero-order chi connectivity index (χ0) is 25.7. The predicted octanol–water partition coefficient (Wildman–Crippen LogP) is 3.19.